The minimum absolute atomic E-state index is 0.0376. The van der Waals surface area contributed by atoms with Gasteiger partial charge in [-0.25, -0.2) is 4.98 Å². The fourth-order valence-electron chi connectivity index (χ4n) is 2.00. The summed E-state index contributed by atoms with van der Waals surface area (Å²) in [5, 5.41) is 6.97. The van der Waals surface area contributed by atoms with Crippen molar-refractivity contribution in [3.63, 3.8) is 0 Å². The number of hydrogen-bond acceptors (Lipinski definition) is 4. The molecule has 0 bridgehead atoms. The molecule has 0 aromatic carbocycles. The van der Waals surface area contributed by atoms with Crippen LogP contribution in [-0.4, -0.2) is 30.3 Å². The average molecular weight is 284 g/mol. The lowest BCUT2D eigenvalue weighted by Gasteiger charge is -2.26. The first kappa shape index (κ1) is 16.6. The maximum Gasteiger partial charge on any atom is 0.0897 e. The van der Waals surface area contributed by atoms with Crippen LogP contribution in [0.15, 0.2) is 5.38 Å². The highest BCUT2D eigenvalue weighted by Gasteiger charge is 2.19. The van der Waals surface area contributed by atoms with Crippen LogP contribution in [0, 0.1) is 6.92 Å². The molecule has 1 heterocycles. The maximum atomic E-state index is 5.51. The second-order valence-corrected chi connectivity index (χ2v) is 6.78. The molecule has 1 aromatic heterocycles. The molecule has 1 unspecified atom stereocenters. The molecule has 0 amide bonds. The summed E-state index contributed by atoms with van der Waals surface area (Å²) < 4.78 is 5.51. The Labute approximate surface area is 121 Å². The van der Waals surface area contributed by atoms with Crippen LogP contribution >= 0.6 is 11.3 Å². The van der Waals surface area contributed by atoms with E-state index in [4.69, 9.17) is 4.74 Å². The number of methoxy groups -OCH3 is 1. The van der Waals surface area contributed by atoms with Crippen molar-refractivity contribution in [1.82, 2.24) is 10.3 Å². The fourth-order valence-corrected chi connectivity index (χ4v) is 2.63. The van der Waals surface area contributed by atoms with Crippen LogP contribution in [0.4, 0.5) is 0 Å². The van der Waals surface area contributed by atoms with Gasteiger partial charge in [0.25, 0.3) is 0 Å². The summed E-state index contributed by atoms with van der Waals surface area (Å²) in [6, 6.07) is 0.496. The highest BCUT2D eigenvalue weighted by Crippen LogP contribution is 2.19. The topological polar surface area (TPSA) is 34.1 Å². The molecule has 1 atom stereocenters. The molecule has 0 spiro atoms. The van der Waals surface area contributed by atoms with Gasteiger partial charge in [0.15, 0.2) is 0 Å². The first-order valence-electron chi connectivity index (χ1n) is 7.16. The summed E-state index contributed by atoms with van der Waals surface area (Å²) in [4.78, 5) is 4.57. The van der Waals surface area contributed by atoms with Crippen molar-refractivity contribution in [2.45, 2.75) is 65.0 Å². The fraction of sp³-hybridized carbons (Fsp3) is 0.800. The van der Waals surface area contributed by atoms with Gasteiger partial charge >= 0.3 is 0 Å². The van der Waals surface area contributed by atoms with Crippen LogP contribution in [-0.2, 0) is 11.2 Å². The molecule has 110 valence electrons. The van der Waals surface area contributed by atoms with E-state index in [1.165, 1.54) is 12.1 Å². The zero-order valence-electron chi connectivity index (χ0n) is 13.0. The van der Waals surface area contributed by atoms with Gasteiger partial charge in [-0.05, 0) is 46.6 Å². The molecule has 1 aromatic rings. The quantitative estimate of drug-likeness (QED) is 0.753. The van der Waals surface area contributed by atoms with Gasteiger partial charge in [-0.3, -0.25) is 0 Å². The van der Waals surface area contributed by atoms with Gasteiger partial charge in [-0.1, -0.05) is 6.92 Å². The number of nitrogens with zero attached hydrogens (tertiary/aromatic N) is 1. The van der Waals surface area contributed by atoms with Crippen molar-refractivity contribution in [3.8, 4) is 0 Å². The van der Waals surface area contributed by atoms with Gasteiger partial charge < -0.3 is 10.1 Å². The highest BCUT2D eigenvalue weighted by molar-refractivity contribution is 7.09. The zero-order valence-corrected chi connectivity index (χ0v) is 13.8. The lowest BCUT2D eigenvalue weighted by molar-refractivity contribution is 0.0117. The predicted molar refractivity (Wildman–Crippen MR) is 83.0 cm³/mol. The molecule has 0 fully saturated rings. The van der Waals surface area contributed by atoms with Crippen LogP contribution in [0.25, 0.3) is 0 Å². The molecule has 0 aliphatic rings. The van der Waals surface area contributed by atoms with Crippen LogP contribution in [0.2, 0.25) is 0 Å². The second kappa shape index (κ2) is 7.98. The standard InChI is InChI=1S/C15H28N2OS/c1-6-9-16-13(7-8-15(3,4)18-5)10-14-11-19-12(2)17-14/h11,13,16H,6-10H2,1-5H3. The van der Waals surface area contributed by atoms with Crippen molar-refractivity contribution >= 4 is 11.3 Å². The van der Waals surface area contributed by atoms with Gasteiger partial charge in [0.2, 0.25) is 0 Å². The van der Waals surface area contributed by atoms with Gasteiger partial charge in [0, 0.05) is 25.0 Å². The van der Waals surface area contributed by atoms with E-state index in [9.17, 15) is 0 Å². The van der Waals surface area contributed by atoms with E-state index in [1.54, 1.807) is 18.4 Å². The zero-order chi connectivity index (χ0) is 14.3. The van der Waals surface area contributed by atoms with E-state index in [-0.39, 0.29) is 5.60 Å². The van der Waals surface area contributed by atoms with E-state index in [2.05, 4.69) is 43.4 Å². The molecule has 3 nitrogen and oxygen atoms in total. The Bertz CT molecular complexity index is 363. The summed E-state index contributed by atoms with van der Waals surface area (Å²) in [7, 11) is 1.79. The third-order valence-corrected chi connectivity index (χ3v) is 4.27. The summed E-state index contributed by atoms with van der Waals surface area (Å²) in [6.07, 6.45) is 4.37. The monoisotopic (exact) mass is 284 g/mol. The Morgan fingerprint density at radius 2 is 2.21 bits per heavy atom. The largest absolute Gasteiger partial charge is 0.379 e. The molecule has 1 rings (SSSR count). The van der Waals surface area contributed by atoms with E-state index >= 15 is 0 Å². The molecule has 0 saturated heterocycles. The number of nitrogens with one attached hydrogen (secondary N) is 1. The summed E-state index contributed by atoms with van der Waals surface area (Å²) in [5.41, 5.74) is 1.18. The van der Waals surface area contributed by atoms with E-state index < -0.39 is 0 Å². The Hall–Kier alpha value is -0.450. The maximum absolute atomic E-state index is 5.51. The molecular weight excluding hydrogens is 256 g/mol. The molecule has 0 radical (unpaired) electrons. The minimum Gasteiger partial charge on any atom is -0.379 e. The van der Waals surface area contributed by atoms with E-state index in [0.717, 1.165) is 30.8 Å². The second-order valence-electron chi connectivity index (χ2n) is 5.72. The molecule has 4 heteroatoms. The number of aryl methyl sites for hydroxylation is 1. The van der Waals surface area contributed by atoms with Crippen molar-refractivity contribution < 1.29 is 4.74 Å². The average Bonchev–Trinajstić information content (AvgIpc) is 2.78. The molecule has 19 heavy (non-hydrogen) atoms. The van der Waals surface area contributed by atoms with Crippen LogP contribution in [0.5, 0.6) is 0 Å². The number of rotatable bonds is 9. The third-order valence-electron chi connectivity index (χ3n) is 3.45. The summed E-state index contributed by atoms with van der Waals surface area (Å²) >= 11 is 1.73. The van der Waals surface area contributed by atoms with Crippen LogP contribution in [0.3, 0.4) is 0 Å². The predicted octanol–water partition coefficient (Wildman–Crippen LogP) is 3.57. The third kappa shape index (κ3) is 6.50. The first-order chi connectivity index (χ1) is 8.96. The van der Waals surface area contributed by atoms with Gasteiger partial charge in [0.05, 0.1) is 16.3 Å². The molecule has 0 aliphatic heterocycles. The number of thiazole rings is 1. The SMILES string of the molecule is CCCNC(CCC(C)(C)OC)Cc1csc(C)n1. The van der Waals surface area contributed by atoms with Crippen molar-refractivity contribution in [2.24, 2.45) is 0 Å². The van der Waals surface area contributed by atoms with Crippen LogP contribution < -0.4 is 5.32 Å². The van der Waals surface area contributed by atoms with Gasteiger partial charge in [0.1, 0.15) is 0 Å². The van der Waals surface area contributed by atoms with E-state index in [1.807, 2.05) is 0 Å². The first-order valence-corrected chi connectivity index (χ1v) is 8.04. The molecule has 0 saturated carbocycles. The normalized spacial score (nSPS) is 13.7. The highest BCUT2D eigenvalue weighted by atomic mass is 32.1. The lowest BCUT2D eigenvalue weighted by atomic mass is 9.96. The molecule has 0 aliphatic carbocycles. The summed E-state index contributed by atoms with van der Waals surface area (Å²) in [6.45, 7) is 9.64. The van der Waals surface area contributed by atoms with Crippen molar-refractivity contribution in [2.75, 3.05) is 13.7 Å². The van der Waals surface area contributed by atoms with Gasteiger partial charge in [-0.2, -0.15) is 0 Å². The Morgan fingerprint density at radius 1 is 1.47 bits per heavy atom. The molecule has 1 N–H and O–H groups in total. The number of aromatic nitrogens is 1. The van der Waals surface area contributed by atoms with Gasteiger partial charge in [-0.15, -0.1) is 11.3 Å². The van der Waals surface area contributed by atoms with Crippen molar-refractivity contribution in [1.29, 1.82) is 0 Å². The lowest BCUT2D eigenvalue weighted by Crippen LogP contribution is -2.34. The Balaban J connectivity index is 2.51. The Morgan fingerprint density at radius 3 is 2.74 bits per heavy atom. The molecular formula is C15H28N2OS. The smallest absolute Gasteiger partial charge is 0.0897 e. The Kier molecular flexibility index (Phi) is 6.97. The summed E-state index contributed by atoms with van der Waals surface area (Å²) in [5.74, 6) is 0. The van der Waals surface area contributed by atoms with E-state index in [0.29, 0.717) is 6.04 Å². The van der Waals surface area contributed by atoms with Crippen molar-refractivity contribution in [3.05, 3.63) is 16.1 Å². The van der Waals surface area contributed by atoms with Crippen LogP contribution in [0.1, 0.15) is 50.7 Å². The minimum atomic E-state index is -0.0376. The number of ether oxygens (including phenoxy) is 1. The number of hydrogen-bond donors (Lipinski definition) is 1.